The van der Waals surface area contributed by atoms with Crippen LogP contribution in [0.3, 0.4) is 0 Å². The Morgan fingerprint density at radius 1 is 1.39 bits per heavy atom. The molecule has 0 radical (unpaired) electrons. The topological polar surface area (TPSA) is 52.6 Å². The summed E-state index contributed by atoms with van der Waals surface area (Å²) in [5, 5.41) is 12.4. The van der Waals surface area contributed by atoms with Crippen molar-refractivity contribution in [2.75, 3.05) is 27.2 Å². The predicted octanol–water partition coefficient (Wildman–Crippen LogP) is 1.58. The highest BCUT2D eigenvalue weighted by Crippen LogP contribution is 2.19. The van der Waals surface area contributed by atoms with Gasteiger partial charge in [0.25, 0.3) is 0 Å². The first-order chi connectivity index (χ1) is 8.41. The zero-order valence-electron chi connectivity index (χ0n) is 11.5. The van der Waals surface area contributed by atoms with E-state index in [2.05, 4.69) is 5.32 Å². The van der Waals surface area contributed by atoms with Gasteiger partial charge < -0.3 is 10.0 Å². The molecule has 0 saturated carbocycles. The monoisotopic (exact) mass is 250 g/mol. The van der Waals surface area contributed by atoms with E-state index in [0.29, 0.717) is 6.54 Å². The van der Waals surface area contributed by atoms with Crippen LogP contribution in [-0.4, -0.2) is 43.2 Å². The van der Waals surface area contributed by atoms with Crippen LogP contribution < -0.4 is 5.32 Å². The summed E-state index contributed by atoms with van der Waals surface area (Å²) in [5.41, 5.74) is 3.00. The molecule has 0 heterocycles. The van der Waals surface area contributed by atoms with Crippen molar-refractivity contribution in [1.82, 2.24) is 10.2 Å². The molecule has 0 fully saturated rings. The van der Waals surface area contributed by atoms with E-state index < -0.39 is 12.0 Å². The Hall–Kier alpha value is -1.39. The molecule has 1 atom stereocenters. The summed E-state index contributed by atoms with van der Waals surface area (Å²) >= 11 is 0. The molecule has 0 bridgehead atoms. The van der Waals surface area contributed by atoms with Crippen molar-refractivity contribution in [3.05, 3.63) is 34.9 Å². The predicted molar refractivity (Wildman–Crippen MR) is 72.8 cm³/mol. The fourth-order valence-corrected chi connectivity index (χ4v) is 1.91. The summed E-state index contributed by atoms with van der Waals surface area (Å²) in [7, 11) is 3.93. The minimum Gasteiger partial charge on any atom is -0.480 e. The van der Waals surface area contributed by atoms with Crippen LogP contribution in [0.2, 0.25) is 0 Å². The quantitative estimate of drug-likeness (QED) is 0.805. The van der Waals surface area contributed by atoms with Crippen LogP contribution in [0.25, 0.3) is 0 Å². The zero-order chi connectivity index (χ0) is 13.7. The molecule has 1 aromatic rings. The van der Waals surface area contributed by atoms with Crippen LogP contribution >= 0.6 is 0 Å². The number of nitrogens with zero attached hydrogens (tertiary/aromatic N) is 1. The van der Waals surface area contributed by atoms with Crippen LogP contribution in [0.4, 0.5) is 0 Å². The molecule has 0 aliphatic heterocycles. The summed E-state index contributed by atoms with van der Waals surface area (Å²) < 4.78 is 0. The zero-order valence-corrected chi connectivity index (χ0v) is 11.5. The summed E-state index contributed by atoms with van der Waals surface area (Å²) in [5.74, 6) is -0.833. The Balaban J connectivity index is 2.81. The van der Waals surface area contributed by atoms with E-state index in [0.717, 1.165) is 23.2 Å². The Kier molecular flexibility index (Phi) is 5.31. The average molecular weight is 250 g/mol. The number of carboxylic acids is 1. The summed E-state index contributed by atoms with van der Waals surface area (Å²) in [4.78, 5) is 13.4. The van der Waals surface area contributed by atoms with E-state index in [1.54, 1.807) is 0 Å². The minimum absolute atomic E-state index is 0.634. The average Bonchev–Trinajstić information content (AvgIpc) is 2.25. The number of hydrogen-bond donors (Lipinski definition) is 2. The number of carboxylic acid groups (broad SMARTS) is 1. The first-order valence-electron chi connectivity index (χ1n) is 6.10. The Bertz CT molecular complexity index is 416. The van der Waals surface area contributed by atoms with Gasteiger partial charge >= 0.3 is 5.97 Å². The Labute approximate surface area is 109 Å². The second kappa shape index (κ2) is 6.52. The molecule has 1 unspecified atom stereocenters. The van der Waals surface area contributed by atoms with Crippen molar-refractivity contribution in [2.24, 2.45) is 0 Å². The molecule has 4 heteroatoms. The normalized spacial score (nSPS) is 12.7. The second-order valence-electron chi connectivity index (χ2n) is 4.89. The largest absolute Gasteiger partial charge is 0.480 e. The highest BCUT2D eigenvalue weighted by molar-refractivity contribution is 5.76. The van der Waals surface area contributed by atoms with Crippen LogP contribution in [0.15, 0.2) is 18.2 Å². The van der Waals surface area contributed by atoms with Gasteiger partial charge in [-0.2, -0.15) is 0 Å². The van der Waals surface area contributed by atoms with Crippen LogP contribution in [-0.2, 0) is 4.79 Å². The summed E-state index contributed by atoms with van der Waals surface area (Å²) in [6.45, 7) is 5.42. The van der Waals surface area contributed by atoms with E-state index in [9.17, 15) is 9.90 Å². The van der Waals surface area contributed by atoms with Gasteiger partial charge in [-0.05, 0) is 39.1 Å². The van der Waals surface area contributed by atoms with E-state index in [4.69, 9.17) is 0 Å². The third kappa shape index (κ3) is 4.13. The van der Waals surface area contributed by atoms with Crippen molar-refractivity contribution >= 4 is 5.97 Å². The third-order valence-electron chi connectivity index (χ3n) is 2.89. The molecular weight excluding hydrogens is 228 g/mol. The maximum Gasteiger partial charge on any atom is 0.325 e. The van der Waals surface area contributed by atoms with Crippen molar-refractivity contribution in [2.45, 2.75) is 19.9 Å². The molecule has 1 rings (SSSR count). The van der Waals surface area contributed by atoms with E-state index in [1.165, 1.54) is 0 Å². The van der Waals surface area contributed by atoms with Crippen LogP contribution in [0, 0.1) is 13.8 Å². The smallest absolute Gasteiger partial charge is 0.325 e. The summed E-state index contributed by atoms with van der Waals surface area (Å²) in [6, 6.07) is 5.22. The molecular formula is C14H22N2O2. The number of hydrogen-bond acceptors (Lipinski definition) is 3. The number of likely N-dealkylation sites (N-methyl/N-ethyl adjacent to an activating group) is 1. The maximum absolute atomic E-state index is 11.3. The molecule has 1 aromatic carbocycles. The lowest BCUT2D eigenvalue weighted by Gasteiger charge is -2.19. The van der Waals surface area contributed by atoms with Crippen molar-refractivity contribution in [3.8, 4) is 0 Å². The van der Waals surface area contributed by atoms with Crippen molar-refractivity contribution < 1.29 is 9.90 Å². The molecule has 0 amide bonds. The number of aliphatic carboxylic acids is 1. The maximum atomic E-state index is 11.3. The lowest BCUT2D eigenvalue weighted by Crippen LogP contribution is -2.34. The van der Waals surface area contributed by atoms with Crippen molar-refractivity contribution in [1.29, 1.82) is 0 Å². The molecule has 0 aliphatic rings. The molecule has 0 aromatic heterocycles. The summed E-state index contributed by atoms with van der Waals surface area (Å²) in [6.07, 6.45) is 0. The van der Waals surface area contributed by atoms with Gasteiger partial charge in [-0.1, -0.05) is 23.8 Å². The molecule has 0 saturated heterocycles. The van der Waals surface area contributed by atoms with Gasteiger partial charge in [-0.15, -0.1) is 0 Å². The highest BCUT2D eigenvalue weighted by Gasteiger charge is 2.20. The minimum atomic E-state index is -0.833. The van der Waals surface area contributed by atoms with E-state index >= 15 is 0 Å². The van der Waals surface area contributed by atoms with Gasteiger partial charge in [-0.25, -0.2) is 0 Å². The molecule has 0 aliphatic carbocycles. The van der Waals surface area contributed by atoms with Gasteiger partial charge in [0.05, 0.1) is 0 Å². The molecule has 0 spiro atoms. The standard InChI is InChI=1S/C14H22N2O2/c1-10-5-6-12(11(2)9-10)13(14(17)18)15-7-8-16(3)4/h5-6,9,13,15H,7-8H2,1-4H3,(H,17,18). The lowest BCUT2D eigenvalue weighted by molar-refractivity contribution is -0.139. The molecule has 100 valence electrons. The van der Waals surface area contributed by atoms with Gasteiger partial charge in [-0.3, -0.25) is 10.1 Å². The Morgan fingerprint density at radius 2 is 2.06 bits per heavy atom. The number of aryl methyl sites for hydroxylation is 2. The third-order valence-corrected chi connectivity index (χ3v) is 2.89. The number of carbonyl (C=O) groups is 1. The van der Waals surface area contributed by atoms with E-state index in [1.807, 2.05) is 51.0 Å². The van der Waals surface area contributed by atoms with Crippen molar-refractivity contribution in [3.63, 3.8) is 0 Å². The Morgan fingerprint density at radius 3 is 2.56 bits per heavy atom. The molecule has 18 heavy (non-hydrogen) atoms. The SMILES string of the molecule is Cc1ccc(C(NCCN(C)C)C(=O)O)c(C)c1. The lowest BCUT2D eigenvalue weighted by atomic mass is 9.99. The van der Waals surface area contributed by atoms with Gasteiger partial charge in [0.1, 0.15) is 6.04 Å². The molecule has 2 N–H and O–H groups in total. The highest BCUT2D eigenvalue weighted by atomic mass is 16.4. The van der Waals surface area contributed by atoms with Crippen LogP contribution in [0.5, 0.6) is 0 Å². The molecule has 4 nitrogen and oxygen atoms in total. The van der Waals surface area contributed by atoms with Gasteiger partial charge in [0.2, 0.25) is 0 Å². The second-order valence-corrected chi connectivity index (χ2v) is 4.89. The van der Waals surface area contributed by atoms with E-state index in [-0.39, 0.29) is 0 Å². The fraction of sp³-hybridized carbons (Fsp3) is 0.500. The number of nitrogens with one attached hydrogen (secondary N) is 1. The van der Waals surface area contributed by atoms with Gasteiger partial charge in [0, 0.05) is 13.1 Å². The first kappa shape index (κ1) is 14.7. The number of rotatable bonds is 6. The fourth-order valence-electron chi connectivity index (χ4n) is 1.91. The van der Waals surface area contributed by atoms with Crippen LogP contribution in [0.1, 0.15) is 22.7 Å². The van der Waals surface area contributed by atoms with Gasteiger partial charge in [0.15, 0.2) is 0 Å². The first-order valence-corrected chi connectivity index (χ1v) is 6.10. The number of benzene rings is 1.